The molecule has 4 amide bonds. The van der Waals surface area contributed by atoms with E-state index in [0.29, 0.717) is 48.4 Å². The molecule has 5 heterocycles. The summed E-state index contributed by atoms with van der Waals surface area (Å²) in [5, 5.41) is 8.40. The van der Waals surface area contributed by atoms with E-state index in [4.69, 9.17) is 9.26 Å². The fourth-order valence-corrected chi connectivity index (χ4v) is 4.52. The maximum absolute atomic E-state index is 12.6. The van der Waals surface area contributed by atoms with Crippen LogP contribution in [0, 0.1) is 0 Å². The van der Waals surface area contributed by atoms with Gasteiger partial charge in [-0.25, -0.2) is 9.78 Å². The van der Waals surface area contributed by atoms with Crippen molar-refractivity contribution in [2.75, 3.05) is 11.4 Å². The minimum atomic E-state index is -1.47. The Morgan fingerprint density at radius 3 is 2.46 bits per heavy atom. The zero-order valence-electron chi connectivity index (χ0n) is 19.2. The molecule has 0 bridgehead atoms. The molecule has 2 fully saturated rings. The number of hydrogen-bond acceptors (Lipinski definition) is 10. The highest BCUT2D eigenvalue weighted by atomic mass is 16.5. The number of hydrogen-bond donors (Lipinski definition) is 2. The number of carbonyl (C=O) groups excluding carboxylic acids is 3. The number of rotatable bonds is 5. The van der Waals surface area contributed by atoms with Gasteiger partial charge in [-0.3, -0.25) is 25.2 Å². The molecule has 0 radical (unpaired) electrons. The lowest BCUT2D eigenvalue weighted by Crippen LogP contribution is -2.71. The number of amides is 4. The van der Waals surface area contributed by atoms with Gasteiger partial charge in [0.1, 0.15) is 5.75 Å². The number of carbonyl (C=O) groups is 3. The lowest BCUT2D eigenvalue weighted by atomic mass is 9.92. The first-order valence-corrected chi connectivity index (χ1v) is 11.5. The zero-order chi connectivity index (χ0) is 25.4. The summed E-state index contributed by atoms with van der Waals surface area (Å²) in [6.45, 7) is 0.469. The first-order chi connectivity index (χ1) is 18.0. The summed E-state index contributed by atoms with van der Waals surface area (Å²) in [5.74, 6) is 0.417. The van der Waals surface area contributed by atoms with Gasteiger partial charge in [0.05, 0.1) is 11.9 Å². The van der Waals surface area contributed by atoms with Gasteiger partial charge in [-0.05, 0) is 55.3 Å². The summed E-state index contributed by atoms with van der Waals surface area (Å²) in [7, 11) is 0. The molecule has 6 rings (SSSR count). The van der Waals surface area contributed by atoms with Crippen LogP contribution in [0.2, 0.25) is 0 Å². The van der Waals surface area contributed by atoms with Crippen LogP contribution in [-0.2, 0) is 9.59 Å². The average Bonchev–Trinajstić information content (AvgIpc) is 3.58. The molecule has 1 aromatic carbocycles. The van der Waals surface area contributed by atoms with Gasteiger partial charge in [0.2, 0.25) is 11.7 Å². The summed E-state index contributed by atoms with van der Waals surface area (Å²) >= 11 is 0. The van der Waals surface area contributed by atoms with Gasteiger partial charge in [0.15, 0.2) is 5.54 Å². The van der Waals surface area contributed by atoms with Crippen molar-refractivity contribution in [1.29, 1.82) is 0 Å². The Morgan fingerprint density at radius 2 is 1.76 bits per heavy atom. The van der Waals surface area contributed by atoms with Crippen LogP contribution in [0.5, 0.6) is 11.6 Å². The van der Waals surface area contributed by atoms with E-state index in [0.717, 1.165) is 11.1 Å². The Hall–Kier alpha value is -5.13. The fourth-order valence-electron chi connectivity index (χ4n) is 4.52. The van der Waals surface area contributed by atoms with E-state index >= 15 is 0 Å². The minimum Gasteiger partial charge on any atom is -0.439 e. The third-order valence-electron chi connectivity index (χ3n) is 6.29. The second kappa shape index (κ2) is 8.82. The first kappa shape index (κ1) is 22.3. The maximum atomic E-state index is 12.6. The number of aromatic nitrogens is 4. The predicted octanol–water partition coefficient (Wildman–Crippen LogP) is 2.69. The first-order valence-electron chi connectivity index (χ1n) is 11.5. The molecule has 12 heteroatoms. The van der Waals surface area contributed by atoms with Gasteiger partial charge in [-0.2, -0.15) is 4.98 Å². The molecule has 184 valence electrons. The van der Waals surface area contributed by atoms with Crippen molar-refractivity contribution in [3.05, 3.63) is 67.1 Å². The molecule has 1 spiro atoms. The van der Waals surface area contributed by atoms with Gasteiger partial charge in [0, 0.05) is 36.1 Å². The number of benzene rings is 1. The Labute approximate surface area is 209 Å². The Morgan fingerprint density at radius 1 is 0.946 bits per heavy atom. The van der Waals surface area contributed by atoms with Crippen molar-refractivity contribution in [2.24, 2.45) is 0 Å². The molecule has 12 nitrogen and oxygen atoms in total. The second-order valence-electron chi connectivity index (χ2n) is 8.50. The molecule has 0 unspecified atom stereocenters. The maximum Gasteiger partial charge on any atom is 0.328 e. The molecule has 0 aliphatic carbocycles. The number of imide groups is 2. The third-order valence-corrected chi connectivity index (χ3v) is 6.29. The highest BCUT2D eigenvalue weighted by Crippen LogP contribution is 2.36. The van der Waals surface area contributed by atoms with Crippen LogP contribution in [0.3, 0.4) is 0 Å². The van der Waals surface area contributed by atoms with Crippen LogP contribution < -0.4 is 20.3 Å². The van der Waals surface area contributed by atoms with Crippen LogP contribution in [0.25, 0.3) is 22.8 Å². The highest BCUT2D eigenvalue weighted by Gasteiger charge is 2.57. The number of barbiturate groups is 1. The number of nitrogens with zero attached hydrogens (tertiary/aromatic N) is 5. The molecular weight excluding hydrogens is 478 g/mol. The Kier molecular flexibility index (Phi) is 5.33. The Balaban J connectivity index is 1.16. The van der Waals surface area contributed by atoms with Crippen molar-refractivity contribution >= 4 is 23.5 Å². The van der Waals surface area contributed by atoms with Gasteiger partial charge in [-0.1, -0.05) is 5.16 Å². The van der Waals surface area contributed by atoms with Crippen molar-refractivity contribution in [3.8, 4) is 34.5 Å². The molecule has 2 saturated heterocycles. The van der Waals surface area contributed by atoms with E-state index in [1.54, 1.807) is 59.8 Å². The summed E-state index contributed by atoms with van der Waals surface area (Å²) < 4.78 is 11.2. The van der Waals surface area contributed by atoms with Crippen LogP contribution >= 0.6 is 0 Å². The number of pyridine rings is 2. The number of nitrogens with one attached hydrogen (secondary N) is 2. The van der Waals surface area contributed by atoms with Gasteiger partial charge in [-0.15, -0.1) is 0 Å². The van der Waals surface area contributed by atoms with Crippen LogP contribution in [0.4, 0.5) is 10.5 Å². The van der Waals surface area contributed by atoms with Crippen LogP contribution in [0.1, 0.15) is 12.8 Å². The molecule has 0 saturated carbocycles. The topological polar surface area (TPSA) is 152 Å². The monoisotopic (exact) mass is 497 g/mol. The normalized spacial score (nSPS) is 16.5. The van der Waals surface area contributed by atoms with E-state index in [2.05, 4.69) is 30.7 Å². The fraction of sp³-hybridized carbons (Fsp3) is 0.160. The molecule has 2 N–H and O–H groups in total. The Bertz CT molecular complexity index is 1470. The van der Waals surface area contributed by atoms with Gasteiger partial charge < -0.3 is 14.2 Å². The van der Waals surface area contributed by atoms with E-state index in [-0.39, 0.29) is 0 Å². The van der Waals surface area contributed by atoms with Crippen LogP contribution in [-0.4, -0.2) is 50.0 Å². The van der Waals surface area contributed by atoms with Gasteiger partial charge in [0.25, 0.3) is 17.7 Å². The van der Waals surface area contributed by atoms with Crippen molar-refractivity contribution < 1.29 is 23.6 Å². The van der Waals surface area contributed by atoms with Crippen molar-refractivity contribution in [2.45, 2.75) is 18.4 Å². The van der Waals surface area contributed by atoms with Gasteiger partial charge >= 0.3 is 6.03 Å². The molecular formula is C25H19N7O5. The minimum absolute atomic E-state index is 0.298. The van der Waals surface area contributed by atoms with Crippen molar-refractivity contribution in [3.63, 3.8) is 0 Å². The molecule has 2 aliphatic heterocycles. The second-order valence-corrected chi connectivity index (χ2v) is 8.50. The summed E-state index contributed by atoms with van der Waals surface area (Å²) in [6, 6.07) is 13.3. The number of ether oxygens (including phenoxy) is 1. The average molecular weight is 497 g/mol. The van der Waals surface area contributed by atoms with E-state index in [1.807, 2.05) is 6.07 Å². The predicted molar refractivity (Wildman–Crippen MR) is 128 cm³/mol. The van der Waals surface area contributed by atoms with Crippen LogP contribution in [0.15, 0.2) is 71.6 Å². The summed E-state index contributed by atoms with van der Waals surface area (Å²) in [6.07, 6.45) is 5.78. The number of urea groups is 1. The zero-order valence-corrected chi connectivity index (χ0v) is 19.2. The standard InChI is InChI=1S/C25H19N7O5/c33-22-25(23(34)30-24(35)29-22)10-2-12-32(25)17-6-9-19(27-14-17)36-18-7-4-15(5-8-18)21-28-20(31-37-21)16-3-1-11-26-13-16/h1,3-9,11,13-14H,2,10,12H2,(H2,29,30,33,34,35). The highest BCUT2D eigenvalue weighted by molar-refractivity contribution is 6.24. The van der Waals surface area contributed by atoms with Crippen molar-refractivity contribution in [1.82, 2.24) is 30.7 Å². The smallest absolute Gasteiger partial charge is 0.328 e. The molecule has 37 heavy (non-hydrogen) atoms. The lowest BCUT2D eigenvalue weighted by Gasteiger charge is -2.38. The molecule has 4 aromatic rings. The largest absolute Gasteiger partial charge is 0.439 e. The SMILES string of the molecule is O=C1NC(=O)C2(CCCN2c2ccc(Oc3ccc(-c4nc(-c5cccnc5)no4)cc3)nc2)C(=O)N1. The van der Waals surface area contributed by atoms with E-state index < -0.39 is 23.4 Å². The third kappa shape index (κ3) is 3.93. The molecule has 2 aliphatic rings. The number of anilines is 1. The van der Waals surface area contributed by atoms with E-state index in [1.165, 1.54) is 6.20 Å². The van der Waals surface area contributed by atoms with E-state index in [9.17, 15) is 14.4 Å². The quantitative estimate of drug-likeness (QED) is 0.394. The lowest BCUT2D eigenvalue weighted by molar-refractivity contribution is -0.137. The molecule has 3 aromatic heterocycles. The summed E-state index contributed by atoms with van der Waals surface area (Å²) in [4.78, 5) is 51.3. The summed E-state index contributed by atoms with van der Waals surface area (Å²) in [5.41, 5.74) is 0.574. The molecule has 0 atom stereocenters.